The zero-order valence-corrected chi connectivity index (χ0v) is 16.3. The third-order valence-corrected chi connectivity index (χ3v) is 7.12. The highest BCUT2D eigenvalue weighted by Crippen LogP contribution is 2.47. The van der Waals surface area contributed by atoms with Crippen LogP contribution in [-0.2, 0) is 8.34 Å². The number of thiophene rings is 1. The van der Waals surface area contributed by atoms with Crippen LogP contribution in [0.1, 0.15) is 10.4 Å². The second-order valence-electron chi connectivity index (χ2n) is 5.70. The third kappa shape index (κ3) is 2.98. The van der Waals surface area contributed by atoms with Gasteiger partial charge in [-0.2, -0.15) is 0 Å². The molecule has 2 unspecified atom stereocenters. The van der Waals surface area contributed by atoms with E-state index < -0.39 is 15.2 Å². The highest BCUT2D eigenvalue weighted by Gasteiger charge is 2.46. The van der Waals surface area contributed by atoms with E-state index in [4.69, 9.17) is 14.3 Å². The molecule has 25 heavy (non-hydrogen) atoms. The first kappa shape index (κ1) is 18.0. The van der Waals surface area contributed by atoms with Crippen LogP contribution in [0.25, 0.3) is 11.1 Å². The fourth-order valence-electron chi connectivity index (χ4n) is 2.59. The lowest BCUT2D eigenvalue weighted by Gasteiger charge is -2.43. The average Bonchev–Trinajstić information content (AvgIpc) is 3.09. The van der Waals surface area contributed by atoms with Gasteiger partial charge in [-0.3, -0.25) is 4.79 Å². The van der Waals surface area contributed by atoms with E-state index in [9.17, 15) is 9.18 Å². The number of carbonyl (C=O) groups excluding carboxylic acids is 1. The van der Waals surface area contributed by atoms with E-state index in [0.29, 0.717) is 5.82 Å². The Morgan fingerprint density at radius 1 is 1.48 bits per heavy atom. The minimum absolute atomic E-state index is 0.204. The second kappa shape index (κ2) is 6.50. The molecule has 1 saturated heterocycles. The third-order valence-electron chi connectivity index (χ3n) is 4.17. The van der Waals surface area contributed by atoms with Crippen molar-refractivity contribution in [3.05, 3.63) is 58.3 Å². The van der Waals surface area contributed by atoms with Crippen LogP contribution in [0.15, 0.2) is 42.0 Å². The van der Waals surface area contributed by atoms with Crippen LogP contribution in [0.5, 0.6) is 0 Å². The normalized spacial score (nSPS) is 23.3. The van der Waals surface area contributed by atoms with Crippen molar-refractivity contribution in [1.29, 1.82) is 0 Å². The van der Waals surface area contributed by atoms with Gasteiger partial charge in [-0.05, 0) is 57.3 Å². The van der Waals surface area contributed by atoms with Gasteiger partial charge in [0.25, 0.3) is 0 Å². The number of nitrogens with zero attached hydrogens (tertiary/aromatic N) is 1. The molecule has 2 radical (unpaired) electrons. The Labute approximate surface area is 164 Å². The van der Waals surface area contributed by atoms with Crippen molar-refractivity contribution in [2.75, 3.05) is 7.05 Å². The summed E-state index contributed by atoms with van der Waals surface area (Å²) in [5.41, 5.74) is 1.91. The van der Waals surface area contributed by atoms with Crippen LogP contribution >= 0.6 is 33.9 Å². The molecule has 1 fully saturated rings. The van der Waals surface area contributed by atoms with Crippen LogP contribution < -0.4 is 5.32 Å². The first-order valence-electron chi connectivity index (χ1n) is 7.32. The molecular formula is C18H13BFIN2OS. The second-order valence-corrected chi connectivity index (χ2v) is 8.31. The van der Waals surface area contributed by atoms with E-state index in [1.54, 1.807) is 19.2 Å². The first-order chi connectivity index (χ1) is 11.8. The lowest BCUT2D eigenvalue weighted by molar-refractivity contribution is -0.130. The molecule has 1 aromatic carbocycles. The Morgan fingerprint density at radius 2 is 2.20 bits per heavy atom. The summed E-state index contributed by atoms with van der Waals surface area (Å²) in [6.45, 7) is 3.87. The first-order valence-corrected chi connectivity index (χ1v) is 9.28. The molecule has 7 heteroatoms. The summed E-state index contributed by atoms with van der Waals surface area (Å²) < 4.78 is 12.8. The SMILES string of the molecule is [B]C1C(=O)N(C)C(=C)NC1(I)c1cc(-c2ccc(F)c(C#C)c2)cs1. The molecule has 1 N–H and O–H groups in total. The summed E-state index contributed by atoms with van der Waals surface area (Å²) in [4.78, 5) is 14.6. The predicted octanol–water partition coefficient (Wildman–Crippen LogP) is 3.61. The Bertz CT molecular complexity index is 922. The van der Waals surface area contributed by atoms with Crippen molar-refractivity contribution in [3.8, 4) is 23.5 Å². The number of benzene rings is 1. The van der Waals surface area contributed by atoms with Gasteiger partial charge in [-0.15, -0.1) is 17.8 Å². The van der Waals surface area contributed by atoms with Crippen molar-refractivity contribution in [2.24, 2.45) is 0 Å². The molecular weight excluding hydrogens is 449 g/mol. The number of halogens is 2. The van der Waals surface area contributed by atoms with Gasteiger partial charge in [0, 0.05) is 17.7 Å². The van der Waals surface area contributed by atoms with Crippen molar-refractivity contribution < 1.29 is 9.18 Å². The topological polar surface area (TPSA) is 32.3 Å². The molecule has 2 aromatic rings. The molecule has 1 aliphatic rings. The van der Waals surface area contributed by atoms with E-state index in [1.165, 1.54) is 22.3 Å². The molecule has 1 aliphatic heterocycles. The lowest BCUT2D eigenvalue weighted by Crippen LogP contribution is -2.54. The minimum Gasteiger partial charge on any atom is -0.353 e. The number of amides is 1. The van der Waals surface area contributed by atoms with Crippen molar-refractivity contribution in [2.45, 2.75) is 9.36 Å². The van der Waals surface area contributed by atoms with Gasteiger partial charge in [0.2, 0.25) is 5.91 Å². The van der Waals surface area contributed by atoms with Gasteiger partial charge in [0.15, 0.2) is 0 Å². The van der Waals surface area contributed by atoms with Gasteiger partial charge in [-0.1, -0.05) is 18.6 Å². The lowest BCUT2D eigenvalue weighted by atomic mass is 9.77. The molecule has 2 atom stereocenters. The Balaban J connectivity index is 2.00. The standard InChI is InChI=1S/C18H13BFIN2OS/c1-4-11-7-12(5-6-14(11)20)13-8-15(25-9-13)18(21)16(19)17(24)23(3)10(2)22-18/h1,5-9,16,22H,2H2,3H3. The van der Waals surface area contributed by atoms with E-state index in [0.717, 1.165) is 16.0 Å². The minimum atomic E-state index is -0.795. The van der Waals surface area contributed by atoms with E-state index in [-0.39, 0.29) is 11.5 Å². The monoisotopic (exact) mass is 462 g/mol. The van der Waals surface area contributed by atoms with Crippen molar-refractivity contribution in [3.63, 3.8) is 0 Å². The molecule has 3 rings (SSSR count). The quantitative estimate of drug-likeness (QED) is 0.243. The summed E-state index contributed by atoms with van der Waals surface area (Å²) >= 11 is 3.62. The zero-order valence-electron chi connectivity index (χ0n) is 13.3. The largest absolute Gasteiger partial charge is 0.353 e. The number of nitrogens with one attached hydrogen (secondary N) is 1. The Morgan fingerprint density at radius 3 is 2.88 bits per heavy atom. The molecule has 1 amide bonds. The molecule has 0 aliphatic carbocycles. The molecule has 0 bridgehead atoms. The van der Waals surface area contributed by atoms with Gasteiger partial charge >= 0.3 is 0 Å². The predicted molar refractivity (Wildman–Crippen MR) is 108 cm³/mol. The molecule has 3 nitrogen and oxygen atoms in total. The number of rotatable bonds is 2. The molecule has 1 aromatic heterocycles. The number of carbonyl (C=O) groups is 1. The van der Waals surface area contributed by atoms with Crippen LogP contribution in [0, 0.1) is 18.2 Å². The average molecular weight is 462 g/mol. The summed E-state index contributed by atoms with van der Waals surface area (Å²) in [7, 11) is 7.82. The maximum atomic E-state index is 13.6. The van der Waals surface area contributed by atoms with Crippen molar-refractivity contribution >= 4 is 47.7 Å². The van der Waals surface area contributed by atoms with E-state index in [2.05, 4.69) is 40.4 Å². The number of terminal acetylenes is 1. The highest BCUT2D eigenvalue weighted by molar-refractivity contribution is 14.1. The van der Waals surface area contributed by atoms with Gasteiger partial charge in [-0.25, -0.2) is 4.39 Å². The van der Waals surface area contributed by atoms with Gasteiger partial charge in [0.1, 0.15) is 15.2 Å². The van der Waals surface area contributed by atoms with Crippen molar-refractivity contribution in [1.82, 2.24) is 10.2 Å². The number of alkyl halides is 1. The fraction of sp³-hybridized carbons (Fsp3) is 0.167. The summed E-state index contributed by atoms with van der Waals surface area (Å²) in [6, 6.07) is 6.59. The van der Waals surface area contributed by atoms with E-state index >= 15 is 0 Å². The van der Waals surface area contributed by atoms with Crippen LogP contribution in [0.4, 0.5) is 4.39 Å². The number of hydrogen-bond acceptors (Lipinski definition) is 3. The maximum absolute atomic E-state index is 13.6. The highest BCUT2D eigenvalue weighted by atomic mass is 127. The molecule has 124 valence electrons. The number of hydrogen-bond donors (Lipinski definition) is 1. The summed E-state index contributed by atoms with van der Waals surface area (Å²) in [5.74, 6) is 1.45. The Kier molecular flexibility index (Phi) is 4.69. The smallest absolute Gasteiger partial charge is 0.225 e. The molecule has 0 spiro atoms. The van der Waals surface area contributed by atoms with Gasteiger partial charge in [0.05, 0.1) is 13.4 Å². The summed E-state index contributed by atoms with van der Waals surface area (Å²) in [5, 5.41) is 5.16. The van der Waals surface area contributed by atoms with Crippen LogP contribution in [0.3, 0.4) is 0 Å². The van der Waals surface area contributed by atoms with Gasteiger partial charge < -0.3 is 10.2 Å². The zero-order chi connectivity index (χ0) is 18.4. The summed E-state index contributed by atoms with van der Waals surface area (Å²) in [6.07, 6.45) is 5.34. The molecule has 2 heterocycles. The fourth-order valence-corrected chi connectivity index (χ4v) is 4.71. The Hall–Kier alpha value is -1.79. The molecule has 0 saturated carbocycles. The van der Waals surface area contributed by atoms with Crippen LogP contribution in [-0.4, -0.2) is 25.7 Å². The maximum Gasteiger partial charge on any atom is 0.225 e. The van der Waals surface area contributed by atoms with E-state index in [1.807, 2.05) is 11.4 Å². The van der Waals surface area contributed by atoms with Crippen LogP contribution in [0.2, 0.25) is 5.82 Å².